The first-order valence-electron chi connectivity index (χ1n) is 5.50. The molecule has 0 atom stereocenters. The van der Waals surface area contributed by atoms with Crippen LogP contribution in [0.1, 0.15) is 24.2 Å². The van der Waals surface area contributed by atoms with Crippen LogP contribution < -0.4 is 11.1 Å². The molecule has 17 heavy (non-hydrogen) atoms. The minimum absolute atomic E-state index is 0.156. The molecule has 0 aliphatic rings. The first kappa shape index (κ1) is 13.1. The van der Waals surface area contributed by atoms with Gasteiger partial charge in [-0.15, -0.1) is 6.58 Å². The molecule has 0 saturated heterocycles. The number of nitrogen functional groups attached to an aromatic ring is 1. The third-order valence-corrected chi connectivity index (χ3v) is 2.04. The van der Waals surface area contributed by atoms with E-state index in [1.165, 1.54) is 0 Å². The predicted octanol–water partition coefficient (Wildman–Crippen LogP) is 2.43. The van der Waals surface area contributed by atoms with Crippen molar-refractivity contribution in [2.75, 3.05) is 17.6 Å². The van der Waals surface area contributed by atoms with Crippen LogP contribution in [0.5, 0.6) is 0 Å². The molecule has 1 rings (SSSR count). The molecule has 0 unspecified atom stereocenters. The Morgan fingerprint density at radius 3 is 2.88 bits per heavy atom. The first-order chi connectivity index (χ1) is 8.04. The maximum Gasteiger partial charge on any atom is 0.340 e. The van der Waals surface area contributed by atoms with Crippen molar-refractivity contribution in [3.05, 3.63) is 36.4 Å². The second kappa shape index (κ2) is 5.94. The Bertz CT molecular complexity index is 414. The second-order valence-corrected chi connectivity index (χ2v) is 3.93. The van der Waals surface area contributed by atoms with Gasteiger partial charge in [-0.1, -0.05) is 6.08 Å². The number of benzene rings is 1. The topological polar surface area (TPSA) is 64.3 Å². The number of carbonyl (C=O) groups is 1. The highest BCUT2D eigenvalue weighted by Crippen LogP contribution is 2.20. The van der Waals surface area contributed by atoms with Gasteiger partial charge in [0.05, 0.1) is 11.7 Å². The number of ether oxygens (including phenoxy) is 1. The largest absolute Gasteiger partial charge is 0.459 e. The molecule has 3 N–H and O–H groups in total. The van der Waals surface area contributed by atoms with Gasteiger partial charge in [-0.05, 0) is 32.0 Å². The van der Waals surface area contributed by atoms with E-state index in [9.17, 15) is 4.79 Å². The number of anilines is 2. The summed E-state index contributed by atoms with van der Waals surface area (Å²) in [6, 6.07) is 5.10. The van der Waals surface area contributed by atoms with E-state index >= 15 is 0 Å². The van der Waals surface area contributed by atoms with Crippen LogP contribution in [0.15, 0.2) is 30.9 Å². The molecule has 1 aromatic carbocycles. The summed E-state index contributed by atoms with van der Waals surface area (Å²) in [6.07, 6.45) is 1.56. The number of rotatable bonds is 5. The van der Waals surface area contributed by atoms with Gasteiger partial charge in [-0.3, -0.25) is 0 Å². The minimum Gasteiger partial charge on any atom is -0.459 e. The summed E-state index contributed by atoms with van der Waals surface area (Å²) in [5.41, 5.74) is 7.35. The maximum atomic E-state index is 11.8. The lowest BCUT2D eigenvalue weighted by molar-refractivity contribution is 0.0379. The summed E-state index contributed by atoms with van der Waals surface area (Å²) in [5, 5.41) is 3.07. The molecule has 0 radical (unpaired) electrons. The van der Waals surface area contributed by atoms with Gasteiger partial charge in [0.15, 0.2) is 0 Å². The molecule has 0 spiro atoms. The Kier molecular flexibility index (Phi) is 4.57. The highest BCUT2D eigenvalue weighted by atomic mass is 16.5. The molecule has 4 nitrogen and oxygen atoms in total. The molecule has 0 heterocycles. The molecule has 0 aliphatic carbocycles. The summed E-state index contributed by atoms with van der Waals surface area (Å²) in [7, 11) is 0. The summed E-state index contributed by atoms with van der Waals surface area (Å²) >= 11 is 0. The summed E-state index contributed by atoms with van der Waals surface area (Å²) in [4.78, 5) is 11.8. The van der Waals surface area contributed by atoms with Crippen LogP contribution in [0.3, 0.4) is 0 Å². The quantitative estimate of drug-likeness (QED) is 0.466. The average Bonchev–Trinajstić information content (AvgIpc) is 2.26. The Hall–Kier alpha value is -1.97. The monoisotopic (exact) mass is 234 g/mol. The summed E-state index contributed by atoms with van der Waals surface area (Å²) in [6.45, 7) is 7.80. The number of hydrogen-bond acceptors (Lipinski definition) is 4. The Labute approximate surface area is 101 Å². The minimum atomic E-state index is -0.376. The predicted molar refractivity (Wildman–Crippen MR) is 70.1 cm³/mol. The lowest BCUT2D eigenvalue weighted by Gasteiger charge is -2.13. The van der Waals surface area contributed by atoms with Gasteiger partial charge in [-0.2, -0.15) is 0 Å². The van der Waals surface area contributed by atoms with E-state index < -0.39 is 0 Å². The lowest BCUT2D eigenvalue weighted by atomic mass is 10.1. The lowest BCUT2D eigenvalue weighted by Crippen LogP contribution is -2.14. The van der Waals surface area contributed by atoms with E-state index in [4.69, 9.17) is 10.5 Å². The second-order valence-electron chi connectivity index (χ2n) is 3.93. The van der Waals surface area contributed by atoms with E-state index in [-0.39, 0.29) is 12.1 Å². The van der Waals surface area contributed by atoms with Crippen molar-refractivity contribution >= 4 is 17.3 Å². The number of nitrogens with one attached hydrogen (secondary N) is 1. The Balaban J connectivity index is 2.97. The Morgan fingerprint density at radius 2 is 2.29 bits per heavy atom. The van der Waals surface area contributed by atoms with Gasteiger partial charge in [0.25, 0.3) is 0 Å². The van der Waals surface area contributed by atoms with Gasteiger partial charge in [0.1, 0.15) is 0 Å². The van der Waals surface area contributed by atoms with Crippen LogP contribution in [-0.4, -0.2) is 18.6 Å². The molecule has 0 amide bonds. The van der Waals surface area contributed by atoms with Crippen LogP contribution in [0, 0.1) is 0 Å². The molecule has 92 valence electrons. The molecule has 0 saturated carbocycles. The van der Waals surface area contributed by atoms with Crippen molar-refractivity contribution in [2.24, 2.45) is 0 Å². The first-order valence-corrected chi connectivity index (χ1v) is 5.50. The van der Waals surface area contributed by atoms with Crippen molar-refractivity contribution < 1.29 is 9.53 Å². The molecule has 0 fully saturated rings. The van der Waals surface area contributed by atoms with Crippen LogP contribution in [0.4, 0.5) is 11.4 Å². The third-order valence-electron chi connectivity index (χ3n) is 2.04. The van der Waals surface area contributed by atoms with E-state index in [1.807, 2.05) is 0 Å². The van der Waals surface area contributed by atoms with E-state index in [0.29, 0.717) is 23.5 Å². The standard InChI is InChI=1S/C13H18N2O2/c1-4-7-15-12-6-5-10(14)8-11(12)13(16)17-9(2)3/h4-6,8-9,15H,1,7,14H2,2-3H3. The molecule has 1 aromatic rings. The molecular weight excluding hydrogens is 216 g/mol. The van der Waals surface area contributed by atoms with Crippen LogP contribution >= 0.6 is 0 Å². The third kappa shape index (κ3) is 3.83. The smallest absolute Gasteiger partial charge is 0.340 e. The van der Waals surface area contributed by atoms with Gasteiger partial charge in [0, 0.05) is 17.9 Å². The van der Waals surface area contributed by atoms with Crippen LogP contribution in [0.2, 0.25) is 0 Å². The molecular formula is C13H18N2O2. The Morgan fingerprint density at radius 1 is 1.59 bits per heavy atom. The molecule has 0 aliphatic heterocycles. The zero-order chi connectivity index (χ0) is 12.8. The fourth-order valence-corrected chi connectivity index (χ4v) is 1.34. The molecule has 4 heteroatoms. The SMILES string of the molecule is C=CCNc1ccc(N)cc1C(=O)OC(C)C. The number of esters is 1. The highest BCUT2D eigenvalue weighted by molar-refractivity contribution is 5.96. The van der Waals surface area contributed by atoms with Gasteiger partial charge >= 0.3 is 5.97 Å². The average molecular weight is 234 g/mol. The summed E-state index contributed by atoms with van der Waals surface area (Å²) < 4.78 is 5.15. The fourth-order valence-electron chi connectivity index (χ4n) is 1.34. The van der Waals surface area contributed by atoms with Crippen molar-refractivity contribution in [1.29, 1.82) is 0 Å². The number of hydrogen-bond donors (Lipinski definition) is 2. The fraction of sp³-hybridized carbons (Fsp3) is 0.308. The number of nitrogens with two attached hydrogens (primary N) is 1. The highest BCUT2D eigenvalue weighted by Gasteiger charge is 2.14. The van der Waals surface area contributed by atoms with Crippen LogP contribution in [0.25, 0.3) is 0 Å². The molecule has 0 aromatic heterocycles. The zero-order valence-corrected chi connectivity index (χ0v) is 10.2. The van der Waals surface area contributed by atoms with E-state index in [1.54, 1.807) is 38.1 Å². The molecule has 0 bridgehead atoms. The van der Waals surface area contributed by atoms with Crippen molar-refractivity contribution in [2.45, 2.75) is 20.0 Å². The van der Waals surface area contributed by atoms with Gasteiger partial charge in [0.2, 0.25) is 0 Å². The van der Waals surface area contributed by atoms with E-state index in [0.717, 1.165) is 0 Å². The summed E-state index contributed by atoms with van der Waals surface area (Å²) in [5.74, 6) is -0.376. The van der Waals surface area contributed by atoms with Crippen molar-refractivity contribution in [1.82, 2.24) is 0 Å². The van der Waals surface area contributed by atoms with Crippen molar-refractivity contribution in [3.8, 4) is 0 Å². The number of carbonyl (C=O) groups excluding carboxylic acids is 1. The van der Waals surface area contributed by atoms with Crippen molar-refractivity contribution in [3.63, 3.8) is 0 Å². The van der Waals surface area contributed by atoms with E-state index in [2.05, 4.69) is 11.9 Å². The van der Waals surface area contributed by atoms with Gasteiger partial charge in [-0.25, -0.2) is 4.79 Å². The van der Waals surface area contributed by atoms with Crippen LogP contribution in [-0.2, 0) is 4.74 Å². The maximum absolute atomic E-state index is 11.8. The van der Waals surface area contributed by atoms with Gasteiger partial charge < -0.3 is 15.8 Å². The zero-order valence-electron chi connectivity index (χ0n) is 10.2. The normalized spacial score (nSPS) is 10.1.